The van der Waals surface area contributed by atoms with Crippen molar-refractivity contribution in [1.29, 1.82) is 0 Å². The van der Waals surface area contributed by atoms with E-state index in [-0.39, 0.29) is 38.6 Å². The molecular weight excluding hydrogens is 448 g/mol. The molecule has 7 nitrogen and oxygen atoms in total. The Hall–Kier alpha value is -4.02. The number of rotatable bonds is 3. The van der Waals surface area contributed by atoms with Crippen LogP contribution >= 0.6 is 0 Å². The lowest BCUT2D eigenvalue weighted by atomic mass is 9.96. The molecule has 0 atom stereocenters. The number of hydrogen-bond acceptors (Lipinski definition) is 6. The van der Waals surface area contributed by atoms with Gasteiger partial charge in [0.05, 0.1) is 21.7 Å². The molecular formula is C23H15F2N5O2S. The SMILES string of the molecule is Nc1ncc2cc(-c3c(F)ccc(-c4nccc5c(S(N)(=O)=O)cccc45)c3F)ccc2n1. The van der Waals surface area contributed by atoms with Gasteiger partial charge in [-0.05, 0) is 42.0 Å². The van der Waals surface area contributed by atoms with Crippen LogP contribution in [0.4, 0.5) is 14.7 Å². The van der Waals surface area contributed by atoms with Crippen molar-refractivity contribution in [2.24, 2.45) is 5.14 Å². The van der Waals surface area contributed by atoms with Crippen LogP contribution in [0, 0.1) is 11.6 Å². The lowest BCUT2D eigenvalue weighted by molar-refractivity contribution is 0.591. The number of aromatic nitrogens is 3. The van der Waals surface area contributed by atoms with Gasteiger partial charge in [-0.15, -0.1) is 0 Å². The highest BCUT2D eigenvalue weighted by atomic mass is 32.2. The fourth-order valence-electron chi connectivity index (χ4n) is 3.84. The molecule has 4 N–H and O–H groups in total. The van der Waals surface area contributed by atoms with E-state index >= 15 is 4.39 Å². The zero-order valence-corrected chi connectivity index (χ0v) is 17.6. The molecule has 0 saturated heterocycles. The number of anilines is 1. The number of halogens is 2. The maximum absolute atomic E-state index is 15.8. The zero-order chi connectivity index (χ0) is 23.3. The molecule has 10 heteroatoms. The van der Waals surface area contributed by atoms with Crippen LogP contribution < -0.4 is 10.9 Å². The molecule has 0 spiro atoms. The van der Waals surface area contributed by atoms with E-state index in [0.29, 0.717) is 16.3 Å². The first kappa shape index (κ1) is 20.9. The quantitative estimate of drug-likeness (QED) is 0.416. The number of primary sulfonamides is 1. The Kier molecular flexibility index (Phi) is 4.76. The van der Waals surface area contributed by atoms with Gasteiger partial charge in [-0.1, -0.05) is 18.2 Å². The molecule has 0 aliphatic heterocycles. The van der Waals surface area contributed by atoms with Crippen LogP contribution in [-0.4, -0.2) is 23.4 Å². The first-order valence-electron chi connectivity index (χ1n) is 9.65. The van der Waals surface area contributed by atoms with E-state index in [2.05, 4.69) is 15.0 Å². The first-order valence-corrected chi connectivity index (χ1v) is 11.2. The predicted molar refractivity (Wildman–Crippen MR) is 121 cm³/mol. The molecule has 0 saturated carbocycles. The highest BCUT2D eigenvalue weighted by Crippen LogP contribution is 2.37. The fourth-order valence-corrected chi connectivity index (χ4v) is 4.60. The highest BCUT2D eigenvalue weighted by Gasteiger charge is 2.21. The van der Waals surface area contributed by atoms with E-state index in [0.717, 1.165) is 6.07 Å². The summed E-state index contributed by atoms with van der Waals surface area (Å²) >= 11 is 0. The zero-order valence-electron chi connectivity index (χ0n) is 16.8. The van der Waals surface area contributed by atoms with Gasteiger partial charge >= 0.3 is 0 Å². The third-order valence-corrected chi connectivity index (χ3v) is 6.27. The Morgan fingerprint density at radius 1 is 0.909 bits per heavy atom. The van der Waals surface area contributed by atoms with Gasteiger partial charge in [0.25, 0.3) is 0 Å². The Balaban J connectivity index is 1.75. The maximum atomic E-state index is 15.8. The number of nitrogen functional groups attached to an aromatic ring is 1. The Morgan fingerprint density at radius 2 is 1.73 bits per heavy atom. The summed E-state index contributed by atoms with van der Waals surface area (Å²) in [6.07, 6.45) is 2.83. The van der Waals surface area contributed by atoms with E-state index in [4.69, 9.17) is 10.9 Å². The van der Waals surface area contributed by atoms with Crippen molar-refractivity contribution in [3.05, 3.63) is 78.6 Å². The van der Waals surface area contributed by atoms with E-state index in [1.54, 1.807) is 18.2 Å². The van der Waals surface area contributed by atoms with Gasteiger partial charge < -0.3 is 5.73 Å². The molecule has 0 amide bonds. The van der Waals surface area contributed by atoms with Crippen molar-refractivity contribution in [2.75, 3.05) is 5.73 Å². The lowest BCUT2D eigenvalue weighted by Crippen LogP contribution is -2.12. The molecule has 2 heterocycles. The largest absolute Gasteiger partial charge is 0.368 e. The summed E-state index contributed by atoms with van der Waals surface area (Å²) in [6, 6.07) is 13.0. The van der Waals surface area contributed by atoms with Crippen molar-refractivity contribution in [2.45, 2.75) is 4.90 Å². The number of benzene rings is 3. The van der Waals surface area contributed by atoms with E-state index in [9.17, 15) is 12.8 Å². The van der Waals surface area contributed by atoms with E-state index in [1.165, 1.54) is 42.7 Å². The minimum Gasteiger partial charge on any atom is -0.368 e. The molecule has 3 aromatic carbocycles. The molecule has 5 aromatic rings. The third kappa shape index (κ3) is 3.55. The summed E-state index contributed by atoms with van der Waals surface area (Å²) < 4.78 is 54.6. The number of fused-ring (bicyclic) bond motifs is 2. The van der Waals surface area contributed by atoms with Gasteiger partial charge in [-0.3, -0.25) is 4.98 Å². The van der Waals surface area contributed by atoms with Gasteiger partial charge in [0, 0.05) is 34.1 Å². The van der Waals surface area contributed by atoms with E-state index in [1.807, 2.05) is 0 Å². The van der Waals surface area contributed by atoms with Crippen molar-refractivity contribution in [1.82, 2.24) is 15.0 Å². The second-order valence-electron chi connectivity index (χ2n) is 7.34. The molecule has 0 unspecified atom stereocenters. The Morgan fingerprint density at radius 3 is 2.52 bits per heavy atom. The number of sulfonamides is 1. The second kappa shape index (κ2) is 7.54. The highest BCUT2D eigenvalue weighted by molar-refractivity contribution is 7.89. The minimum absolute atomic E-state index is 0.0113. The summed E-state index contributed by atoms with van der Waals surface area (Å²) in [6.45, 7) is 0. The summed E-state index contributed by atoms with van der Waals surface area (Å²) in [5, 5.41) is 6.54. The van der Waals surface area contributed by atoms with Crippen molar-refractivity contribution in [3.63, 3.8) is 0 Å². The molecule has 2 aromatic heterocycles. The van der Waals surface area contributed by atoms with Crippen LogP contribution in [0.3, 0.4) is 0 Å². The molecule has 33 heavy (non-hydrogen) atoms. The molecule has 0 aliphatic carbocycles. The monoisotopic (exact) mass is 463 g/mol. The van der Waals surface area contributed by atoms with Crippen molar-refractivity contribution in [3.8, 4) is 22.4 Å². The second-order valence-corrected chi connectivity index (χ2v) is 8.87. The maximum Gasteiger partial charge on any atom is 0.238 e. The van der Waals surface area contributed by atoms with Gasteiger partial charge in [0.2, 0.25) is 16.0 Å². The molecule has 164 valence electrons. The summed E-state index contributed by atoms with van der Waals surface area (Å²) in [5.74, 6) is -1.51. The average molecular weight is 463 g/mol. The van der Waals surface area contributed by atoms with Crippen LogP contribution in [-0.2, 0) is 10.0 Å². The van der Waals surface area contributed by atoms with Crippen LogP contribution in [0.25, 0.3) is 44.1 Å². The normalized spacial score (nSPS) is 11.8. The van der Waals surface area contributed by atoms with Crippen molar-refractivity contribution >= 4 is 37.6 Å². The fraction of sp³-hybridized carbons (Fsp3) is 0. The van der Waals surface area contributed by atoms with E-state index < -0.39 is 21.7 Å². The lowest BCUT2D eigenvalue weighted by Gasteiger charge is -2.13. The van der Waals surface area contributed by atoms with Gasteiger partial charge in [0.1, 0.15) is 11.6 Å². The smallest absolute Gasteiger partial charge is 0.238 e. The first-order chi connectivity index (χ1) is 15.7. The Labute approximate surface area is 186 Å². The molecule has 0 fully saturated rings. The number of nitrogens with zero attached hydrogens (tertiary/aromatic N) is 3. The minimum atomic E-state index is -4.02. The number of hydrogen-bond donors (Lipinski definition) is 2. The predicted octanol–water partition coefficient (Wildman–Crippen LogP) is 4.02. The van der Waals surface area contributed by atoms with Crippen LogP contribution in [0.15, 0.2) is 71.9 Å². The number of nitrogens with two attached hydrogens (primary N) is 2. The summed E-state index contributed by atoms with van der Waals surface area (Å²) in [5.41, 5.74) is 6.32. The molecule has 0 aliphatic rings. The molecule has 0 bridgehead atoms. The van der Waals surface area contributed by atoms with Crippen molar-refractivity contribution < 1.29 is 17.2 Å². The average Bonchev–Trinajstić information content (AvgIpc) is 2.78. The molecule has 5 rings (SSSR count). The third-order valence-electron chi connectivity index (χ3n) is 5.31. The van der Waals surface area contributed by atoms with Crippen LogP contribution in [0.2, 0.25) is 0 Å². The van der Waals surface area contributed by atoms with Crippen LogP contribution in [0.5, 0.6) is 0 Å². The summed E-state index contributed by atoms with van der Waals surface area (Å²) in [7, 11) is -4.02. The standard InChI is InChI=1S/C23H15F2N5O2S/c24-17-6-5-16(22-15-2-1-3-19(33(27,31)32)14(15)8-9-28-22)21(25)20(17)12-4-7-18-13(10-12)11-29-23(26)30-18/h1-11H,(H2,26,29,30)(H2,27,31,32). The molecule has 0 radical (unpaired) electrons. The van der Waals surface area contributed by atoms with Gasteiger partial charge in [0.15, 0.2) is 0 Å². The van der Waals surface area contributed by atoms with Gasteiger partial charge in [-0.25, -0.2) is 32.3 Å². The Bertz CT molecular complexity index is 1690. The topological polar surface area (TPSA) is 125 Å². The van der Waals surface area contributed by atoms with Gasteiger partial charge in [-0.2, -0.15) is 0 Å². The van der Waals surface area contributed by atoms with Crippen LogP contribution in [0.1, 0.15) is 0 Å². The summed E-state index contributed by atoms with van der Waals surface area (Å²) in [4.78, 5) is 12.2. The number of pyridine rings is 1.